The summed E-state index contributed by atoms with van der Waals surface area (Å²) in [5.41, 5.74) is 1.98. The van der Waals surface area contributed by atoms with Crippen molar-refractivity contribution < 1.29 is 9.68 Å². The molecule has 0 aromatic heterocycles. The third-order valence-corrected chi connectivity index (χ3v) is 1.60. The van der Waals surface area contributed by atoms with Gasteiger partial charge in [0.15, 0.2) is 0 Å². The standard InChI is InChI=1S/C8H12N2O2.ClH/c9-11-5-7-3-1-2-4-8(7)6-12-10;/h1-4H,5-6,9-10H2;1H. The summed E-state index contributed by atoms with van der Waals surface area (Å²) in [6.07, 6.45) is 0. The van der Waals surface area contributed by atoms with E-state index in [4.69, 9.17) is 11.8 Å². The highest BCUT2D eigenvalue weighted by Crippen LogP contribution is 2.09. The lowest BCUT2D eigenvalue weighted by molar-refractivity contribution is 0.109. The van der Waals surface area contributed by atoms with Gasteiger partial charge in [-0.2, -0.15) is 0 Å². The van der Waals surface area contributed by atoms with E-state index in [1.54, 1.807) is 0 Å². The summed E-state index contributed by atoms with van der Waals surface area (Å²) in [5.74, 6) is 9.91. The second-order valence-electron chi connectivity index (χ2n) is 2.39. The van der Waals surface area contributed by atoms with Crippen LogP contribution in [0.1, 0.15) is 11.1 Å². The van der Waals surface area contributed by atoms with Crippen LogP contribution in [0.4, 0.5) is 0 Å². The van der Waals surface area contributed by atoms with E-state index in [1.165, 1.54) is 0 Å². The van der Waals surface area contributed by atoms with Crippen LogP contribution in [-0.4, -0.2) is 0 Å². The zero-order valence-electron chi connectivity index (χ0n) is 7.10. The van der Waals surface area contributed by atoms with Gasteiger partial charge in [0.2, 0.25) is 0 Å². The van der Waals surface area contributed by atoms with Crippen LogP contribution >= 0.6 is 12.4 Å². The largest absolute Gasteiger partial charge is 0.300 e. The molecule has 0 aliphatic heterocycles. The Morgan fingerprint density at radius 2 is 1.31 bits per heavy atom. The number of hydrogen-bond donors (Lipinski definition) is 2. The van der Waals surface area contributed by atoms with Crippen LogP contribution in [0.3, 0.4) is 0 Å². The molecule has 0 aliphatic rings. The Bertz CT molecular complexity index is 220. The van der Waals surface area contributed by atoms with Crippen molar-refractivity contribution in [2.45, 2.75) is 13.2 Å². The predicted octanol–water partition coefficient (Wildman–Crippen LogP) is 0.889. The third-order valence-electron chi connectivity index (χ3n) is 1.60. The van der Waals surface area contributed by atoms with Crippen LogP contribution in [0.5, 0.6) is 0 Å². The number of benzene rings is 1. The maximum Gasteiger partial charge on any atom is 0.0933 e. The molecule has 0 radical (unpaired) electrons. The van der Waals surface area contributed by atoms with E-state index in [1.807, 2.05) is 24.3 Å². The smallest absolute Gasteiger partial charge is 0.0933 e. The summed E-state index contributed by atoms with van der Waals surface area (Å²) in [6, 6.07) is 7.66. The van der Waals surface area contributed by atoms with Gasteiger partial charge in [0.1, 0.15) is 0 Å². The van der Waals surface area contributed by atoms with E-state index in [9.17, 15) is 0 Å². The first-order valence-corrected chi connectivity index (χ1v) is 3.58. The first-order chi connectivity index (χ1) is 5.88. The average Bonchev–Trinajstić information content (AvgIpc) is 2.09. The van der Waals surface area contributed by atoms with Gasteiger partial charge < -0.3 is 0 Å². The normalized spacial score (nSPS) is 9.38. The van der Waals surface area contributed by atoms with Crippen molar-refractivity contribution in [3.8, 4) is 0 Å². The van der Waals surface area contributed by atoms with E-state index in [0.717, 1.165) is 11.1 Å². The second-order valence-corrected chi connectivity index (χ2v) is 2.39. The van der Waals surface area contributed by atoms with Crippen LogP contribution in [0.25, 0.3) is 0 Å². The van der Waals surface area contributed by atoms with E-state index < -0.39 is 0 Å². The zero-order valence-corrected chi connectivity index (χ0v) is 7.92. The van der Waals surface area contributed by atoms with Crippen LogP contribution in [0.15, 0.2) is 24.3 Å². The van der Waals surface area contributed by atoms with Gasteiger partial charge in [0.05, 0.1) is 13.2 Å². The topological polar surface area (TPSA) is 70.5 Å². The number of halogens is 1. The average molecular weight is 205 g/mol. The Morgan fingerprint density at radius 3 is 1.62 bits per heavy atom. The molecule has 74 valence electrons. The molecule has 0 unspecified atom stereocenters. The fourth-order valence-electron chi connectivity index (χ4n) is 1.02. The molecule has 0 atom stereocenters. The van der Waals surface area contributed by atoms with Crippen LogP contribution in [0.2, 0.25) is 0 Å². The summed E-state index contributed by atoms with van der Waals surface area (Å²) in [7, 11) is 0. The maximum atomic E-state index is 4.95. The number of nitrogens with two attached hydrogens (primary N) is 2. The molecule has 0 saturated carbocycles. The Kier molecular flexibility index (Phi) is 6.48. The molecule has 1 aromatic carbocycles. The van der Waals surface area contributed by atoms with Crippen molar-refractivity contribution in [3.05, 3.63) is 35.4 Å². The summed E-state index contributed by atoms with van der Waals surface area (Å²) in [4.78, 5) is 9.04. The fraction of sp³-hybridized carbons (Fsp3) is 0.250. The molecule has 0 fully saturated rings. The molecule has 0 aliphatic carbocycles. The van der Waals surface area contributed by atoms with Crippen LogP contribution < -0.4 is 11.8 Å². The summed E-state index contributed by atoms with van der Waals surface area (Å²) in [6.45, 7) is 0.749. The van der Waals surface area contributed by atoms with Crippen LogP contribution in [0, 0.1) is 0 Å². The van der Waals surface area contributed by atoms with Crippen molar-refractivity contribution in [2.75, 3.05) is 0 Å². The molecule has 0 bridgehead atoms. The fourth-order valence-corrected chi connectivity index (χ4v) is 1.02. The molecule has 4 N–H and O–H groups in total. The van der Waals surface area contributed by atoms with Gasteiger partial charge in [-0.3, -0.25) is 9.68 Å². The van der Waals surface area contributed by atoms with E-state index in [2.05, 4.69) is 9.68 Å². The molecule has 1 aromatic rings. The lowest BCUT2D eigenvalue weighted by Crippen LogP contribution is -2.05. The minimum Gasteiger partial charge on any atom is -0.300 e. The third kappa shape index (κ3) is 3.71. The molecule has 13 heavy (non-hydrogen) atoms. The maximum absolute atomic E-state index is 4.95. The van der Waals surface area contributed by atoms with Crippen LogP contribution in [-0.2, 0) is 22.9 Å². The van der Waals surface area contributed by atoms with Gasteiger partial charge in [0.25, 0.3) is 0 Å². The van der Waals surface area contributed by atoms with E-state index >= 15 is 0 Å². The molecular formula is C8H13ClN2O2. The van der Waals surface area contributed by atoms with Crippen molar-refractivity contribution in [1.82, 2.24) is 0 Å². The van der Waals surface area contributed by atoms with Gasteiger partial charge in [-0.1, -0.05) is 24.3 Å². The Balaban J connectivity index is 0.00000144. The Morgan fingerprint density at radius 1 is 0.923 bits per heavy atom. The minimum absolute atomic E-state index is 0. The van der Waals surface area contributed by atoms with Gasteiger partial charge in [-0.05, 0) is 11.1 Å². The quantitative estimate of drug-likeness (QED) is 0.715. The van der Waals surface area contributed by atoms with Crippen molar-refractivity contribution in [1.29, 1.82) is 0 Å². The van der Waals surface area contributed by atoms with E-state index in [-0.39, 0.29) is 12.4 Å². The SMILES string of the molecule is Cl.NOCc1ccccc1CON. The second kappa shape index (κ2) is 6.82. The van der Waals surface area contributed by atoms with Gasteiger partial charge >= 0.3 is 0 Å². The number of rotatable bonds is 4. The van der Waals surface area contributed by atoms with Gasteiger partial charge in [0, 0.05) is 0 Å². The monoisotopic (exact) mass is 204 g/mol. The molecule has 1 rings (SSSR count). The number of hydrogen-bond acceptors (Lipinski definition) is 4. The van der Waals surface area contributed by atoms with E-state index in [0.29, 0.717) is 13.2 Å². The first kappa shape index (κ1) is 12.3. The highest BCUT2D eigenvalue weighted by Gasteiger charge is 1.99. The Hall–Kier alpha value is -0.650. The van der Waals surface area contributed by atoms with Crippen molar-refractivity contribution in [3.63, 3.8) is 0 Å². The molecular weight excluding hydrogens is 192 g/mol. The minimum atomic E-state index is 0. The van der Waals surface area contributed by atoms with Gasteiger partial charge in [-0.25, -0.2) is 11.8 Å². The van der Waals surface area contributed by atoms with Crippen molar-refractivity contribution >= 4 is 12.4 Å². The lowest BCUT2D eigenvalue weighted by Gasteiger charge is -2.05. The molecule has 0 heterocycles. The molecule has 0 spiro atoms. The highest BCUT2D eigenvalue weighted by molar-refractivity contribution is 5.85. The molecule has 0 saturated heterocycles. The summed E-state index contributed by atoms with van der Waals surface area (Å²) in [5, 5.41) is 0. The highest BCUT2D eigenvalue weighted by atomic mass is 35.5. The Labute approximate surface area is 83.1 Å². The first-order valence-electron chi connectivity index (χ1n) is 3.58. The molecule has 5 heteroatoms. The zero-order chi connectivity index (χ0) is 8.81. The van der Waals surface area contributed by atoms with Crippen molar-refractivity contribution in [2.24, 2.45) is 11.8 Å². The molecule has 4 nitrogen and oxygen atoms in total. The lowest BCUT2D eigenvalue weighted by atomic mass is 10.1. The summed E-state index contributed by atoms with van der Waals surface area (Å²) < 4.78 is 0. The predicted molar refractivity (Wildman–Crippen MR) is 51.6 cm³/mol. The summed E-state index contributed by atoms with van der Waals surface area (Å²) >= 11 is 0. The molecule has 0 amide bonds. The van der Waals surface area contributed by atoms with Gasteiger partial charge in [-0.15, -0.1) is 12.4 Å².